The van der Waals surface area contributed by atoms with Crippen molar-refractivity contribution in [3.05, 3.63) is 11.7 Å². The van der Waals surface area contributed by atoms with Crippen LogP contribution in [0.2, 0.25) is 0 Å². The van der Waals surface area contributed by atoms with Crippen LogP contribution in [0.5, 0.6) is 0 Å². The molecule has 0 radical (unpaired) electrons. The molecule has 0 aliphatic carbocycles. The van der Waals surface area contributed by atoms with Gasteiger partial charge in [-0.2, -0.15) is 4.98 Å². The Balaban J connectivity index is 2.66. The van der Waals surface area contributed by atoms with Gasteiger partial charge in [0.05, 0.1) is 0 Å². The quantitative estimate of drug-likeness (QED) is 0.474. The first-order valence-electron chi connectivity index (χ1n) is 8.01. The first-order chi connectivity index (χ1) is 10.6. The molecule has 7 nitrogen and oxygen atoms in total. The topological polar surface area (TPSA) is 95.6 Å². The van der Waals surface area contributed by atoms with Crippen molar-refractivity contribution in [3.63, 3.8) is 0 Å². The van der Waals surface area contributed by atoms with Gasteiger partial charge in [0.15, 0.2) is 11.8 Å². The minimum Gasteiger partial charge on any atom is -0.396 e. The summed E-state index contributed by atoms with van der Waals surface area (Å²) in [6, 6.07) is 0. The van der Waals surface area contributed by atoms with Gasteiger partial charge in [0.1, 0.15) is 6.54 Å². The van der Waals surface area contributed by atoms with E-state index in [0.29, 0.717) is 18.3 Å². The molecule has 0 spiro atoms. The molecule has 0 aliphatic heterocycles. The van der Waals surface area contributed by atoms with E-state index >= 15 is 0 Å². The SMILES string of the molecule is CCNC(=NCc1nc(C)no1)NCC(CC)(CC)CCO. The molecule has 0 bridgehead atoms. The lowest BCUT2D eigenvalue weighted by Crippen LogP contribution is -2.43. The molecule has 0 fully saturated rings. The second-order valence-corrected chi connectivity index (χ2v) is 5.46. The molecule has 0 aliphatic rings. The summed E-state index contributed by atoms with van der Waals surface area (Å²) >= 11 is 0. The van der Waals surface area contributed by atoms with E-state index in [1.54, 1.807) is 6.92 Å². The van der Waals surface area contributed by atoms with E-state index in [1.165, 1.54) is 0 Å². The summed E-state index contributed by atoms with van der Waals surface area (Å²) in [5.41, 5.74) is 0.0893. The van der Waals surface area contributed by atoms with Gasteiger partial charge in [-0.1, -0.05) is 19.0 Å². The number of guanidine groups is 1. The van der Waals surface area contributed by atoms with Crippen LogP contribution in [0, 0.1) is 12.3 Å². The fourth-order valence-electron chi connectivity index (χ4n) is 2.34. The number of hydrogen-bond acceptors (Lipinski definition) is 5. The maximum Gasteiger partial charge on any atom is 0.248 e. The number of nitrogens with one attached hydrogen (secondary N) is 2. The number of aromatic nitrogens is 2. The smallest absolute Gasteiger partial charge is 0.248 e. The van der Waals surface area contributed by atoms with Crippen molar-refractivity contribution < 1.29 is 9.63 Å². The molecule has 0 unspecified atom stereocenters. The van der Waals surface area contributed by atoms with Crippen LogP contribution in [0.15, 0.2) is 9.52 Å². The molecule has 7 heteroatoms. The summed E-state index contributed by atoms with van der Waals surface area (Å²) in [6.45, 7) is 10.2. The largest absolute Gasteiger partial charge is 0.396 e. The molecule has 22 heavy (non-hydrogen) atoms. The monoisotopic (exact) mass is 311 g/mol. The summed E-state index contributed by atoms with van der Waals surface area (Å²) in [5, 5.41) is 19.6. The number of hydrogen-bond donors (Lipinski definition) is 3. The molecule has 0 amide bonds. The number of aryl methyl sites for hydroxylation is 1. The summed E-state index contributed by atoms with van der Waals surface area (Å²) in [7, 11) is 0. The van der Waals surface area contributed by atoms with Gasteiger partial charge in [-0.05, 0) is 38.5 Å². The van der Waals surface area contributed by atoms with Gasteiger partial charge in [0.25, 0.3) is 0 Å². The van der Waals surface area contributed by atoms with Crippen molar-refractivity contribution in [2.45, 2.75) is 53.5 Å². The van der Waals surface area contributed by atoms with Gasteiger partial charge in [0, 0.05) is 19.7 Å². The highest BCUT2D eigenvalue weighted by Gasteiger charge is 2.25. The number of rotatable bonds is 9. The maximum atomic E-state index is 9.29. The average molecular weight is 311 g/mol. The lowest BCUT2D eigenvalue weighted by molar-refractivity contribution is 0.169. The van der Waals surface area contributed by atoms with Gasteiger partial charge in [-0.25, -0.2) is 4.99 Å². The van der Waals surface area contributed by atoms with E-state index < -0.39 is 0 Å². The minimum absolute atomic E-state index is 0.0893. The van der Waals surface area contributed by atoms with Crippen LogP contribution in [-0.4, -0.2) is 40.9 Å². The Morgan fingerprint density at radius 2 is 2.00 bits per heavy atom. The van der Waals surface area contributed by atoms with E-state index in [2.05, 4.69) is 39.6 Å². The first-order valence-corrected chi connectivity index (χ1v) is 8.01. The Labute approximate surface area is 132 Å². The molecule has 1 heterocycles. The summed E-state index contributed by atoms with van der Waals surface area (Å²) < 4.78 is 5.06. The minimum atomic E-state index is 0.0893. The zero-order valence-electron chi connectivity index (χ0n) is 14.1. The maximum absolute atomic E-state index is 9.29. The number of aliphatic hydroxyl groups is 1. The lowest BCUT2D eigenvalue weighted by atomic mass is 9.79. The molecule has 1 rings (SSSR count). The highest BCUT2D eigenvalue weighted by molar-refractivity contribution is 5.79. The summed E-state index contributed by atoms with van der Waals surface area (Å²) in [6.07, 6.45) is 2.81. The van der Waals surface area contributed by atoms with E-state index in [1.807, 2.05) is 6.92 Å². The van der Waals surface area contributed by atoms with Crippen LogP contribution < -0.4 is 10.6 Å². The van der Waals surface area contributed by atoms with Crippen LogP contribution in [-0.2, 0) is 6.54 Å². The fourth-order valence-corrected chi connectivity index (χ4v) is 2.34. The van der Waals surface area contributed by atoms with Crippen LogP contribution in [0.25, 0.3) is 0 Å². The predicted molar refractivity (Wildman–Crippen MR) is 86.6 cm³/mol. The van der Waals surface area contributed by atoms with E-state index in [-0.39, 0.29) is 12.0 Å². The van der Waals surface area contributed by atoms with Crippen molar-refractivity contribution >= 4 is 5.96 Å². The second kappa shape index (κ2) is 9.40. The van der Waals surface area contributed by atoms with Gasteiger partial charge in [-0.3, -0.25) is 0 Å². The highest BCUT2D eigenvalue weighted by Crippen LogP contribution is 2.29. The van der Waals surface area contributed by atoms with Crippen LogP contribution in [0.3, 0.4) is 0 Å². The van der Waals surface area contributed by atoms with Gasteiger partial charge in [0.2, 0.25) is 5.89 Å². The molecule has 0 aromatic carbocycles. The molecule has 126 valence electrons. The zero-order valence-corrected chi connectivity index (χ0v) is 14.1. The Morgan fingerprint density at radius 3 is 2.50 bits per heavy atom. The molecule has 3 N–H and O–H groups in total. The summed E-state index contributed by atoms with van der Waals surface area (Å²) in [4.78, 5) is 8.60. The summed E-state index contributed by atoms with van der Waals surface area (Å²) in [5.74, 6) is 1.84. The van der Waals surface area contributed by atoms with Crippen LogP contribution >= 0.6 is 0 Å². The Hall–Kier alpha value is -1.63. The Kier molecular flexibility index (Phi) is 7.87. The van der Waals surface area contributed by atoms with Crippen molar-refractivity contribution in [2.75, 3.05) is 19.7 Å². The van der Waals surface area contributed by atoms with Gasteiger partial charge in [-0.15, -0.1) is 0 Å². The second-order valence-electron chi connectivity index (χ2n) is 5.46. The molecular weight excluding hydrogens is 282 g/mol. The molecule has 1 aromatic heterocycles. The normalized spacial score (nSPS) is 12.5. The van der Waals surface area contributed by atoms with Crippen molar-refractivity contribution in [2.24, 2.45) is 10.4 Å². The lowest BCUT2D eigenvalue weighted by Gasteiger charge is -2.32. The Morgan fingerprint density at radius 1 is 1.27 bits per heavy atom. The van der Waals surface area contributed by atoms with Gasteiger partial charge < -0.3 is 20.3 Å². The zero-order chi connectivity index (χ0) is 16.4. The first kappa shape index (κ1) is 18.4. The van der Waals surface area contributed by atoms with Crippen molar-refractivity contribution in [3.8, 4) is 0 Å². The standard InChI is InChI=1S/C15H29N5O2/c1-5-15(6-2,8-9-21)11-18-14(16-7-3)17-10-13-19-12(4)20-22-13/h21H,5-11H2,1-4H3,(H2,16,17,18). The van der Waals surface area contributed by atoms with Crippen LogP contribution in [0.1, 0.15) is 51.7 Å². The highest BCUT2D eigenvalue weighted by atomic mass is 16.5. The molecule has 0 atom stereocenters. The third-order valence-electron chi connectivity index (χ3n) is 4.06. The molecule has 0 saturated heterocycles. The Bertz CT molecular complexity index is 455. The van der Waals surface area contributed by atoms with E-state index in [0.717, 1.165) is 38.3 Å². The third kappa shape index (κ3) is 5.63. The number of aliphatic imine (C=N–C) groups is 1. The molecule has 1 aromatic rings. The third-order valence-corrected chi connectivity index (χ3v) is 4.06. The number of nitrogens with zero attached hydrogens (tertiary/aromatic N) is 3. The fraction of sp³-hybridized carbons (Fsp3) is 0.800. The van der Waals surface area contributed by atoms with Crippen molar-refractivity contribution in [1.29, 1.82) is 0 Å². The molecular formula is C15H29N5O2. The van der Waals surface area contributed by atoms with Gasteiger partial charge >= 0.3 is 0 Å². The predicted octanol–water partition coefficient (Wildman–Crippen LogP) is 1.62. The molecule has 0 saturated carbocycles. The number of aliphatic hydroxyl groups excluding tert-OH is 1. The van der Waals surface area contributed by atoms with E-state index in [9.17, 15) is 5.11 Å². The van der Waals surface area contributed by atoms with E-state index in [4.69, 9.17) is 4.52 Å². The average Bonchev–Trinajstić information content (AvgIpc) is 2.94. The van der Waals surface area contributed by atoms with Crippen molar-refractivity contribution in [1.82, 2.24) is 20.8 Å². The van der Waals surface area contributed by atoms with Crippen LogP contribution in [0.4, 0.5) is 0 Å².